The molecule has 21 heavy (non-hydrogen) atoms. The van der Waals surface area contributed by atoms with Gasteiger partial charge in [-0.2, -0.15) is 0 Å². The van der Waals surface area contributed by atoms with Crippen LogP contribution in [0.1, 0.15) is 36.0 Å². The molecule has 2 aliphatic rings. The molecule has 0 spiro atoms. The van der Waals surface area contributed by atoms with E-state index in [4.69, 9.17) is 4.74 Å². The number of hydrogen-bond donors (Lipinski definition) is 1. The average Bonchev–Trinajstić information content (AvgIpc) is 3.22. The van der Waals surface area contributed by atoms with Crippen LogP contribution < -0.4 is 10.1 Å². The van der Waals surface area contributed by atoms with Gasteiger partial charge >= 0.3 is 0 Å². The van der Waals surface area contributed by atoms with E-state index < -0.39 is 0 Å². The maximum absolute atomic E-state index is 5.93. The maximum atomic E-state index is 5.93. The van der Waals surface area contributed by atoms with Crippen molar-refractivity contribution in [3.63, 3.8) is 0 Å². The second-order valence-electron chi connectivity index (χ2n) is 6.04. The highest BCUT2D eigenvalue weighted by Crippen LogP contribution is 2.28. The number of aromatic nitrogens is 1. The van der Waals surface area contributed by atoms with Crippen LogP contribution in [-0.4, -0.2) is 11.0 Å². The summed E-state index contributed by atoms with van der Waals surface area (Å²) in [5, 5.41) is 3.51. The van der Waals surface area contributed by atoms with Crippen molar-refractivity contribution in [2.45, 2.75) is 44.7 Å². The van der Waals surface area contributed by atoms with Crippen LogP contribution in [0, 0.1) is 0 Å². The summed E-state index contributed by atoms with van der Waals surface area (Å²) in [5.74, 6) is 1.58. The zero-order valence-electron chi connectivity index (χ0n) is 12.1. The fourth-order valence-corrected chi connectivity index (χ4v) is 2.90. The predicted molar refractivity (Wildman–Crippen MR) is 82.6 cm³/mol. The van der Waals surface area contributed by atoms with Crippen LogP contribution in [-0.2, 0) is 19.4 Å². The zero-order chi connectivity index (χ0) is 14.1. The third kappa shape index (κ3) is 3.08. The first-order valence-electron chi connectivity index (χ1n) is 7.85. The standard InChI is InChI=1S/C18H20N2O/c1-2-14-4-7-17(11-15(14)3-1)21-18-10-13(8-9-19-18)12-20-16-5-6-16/h4,7-11,16,20H,1-3,5-6,12H2. The minimum Gasteiger partial charge on any atom is -0.439 e. The Morgan fingerprint density at radius 2 is 2.00 bits per heavy atom. The highest BCUT2D eigenvalue weighted by molar-refractivity contribution is 5.40. The molecule has 0 saturated heterocycles. The van der Waals surface area contributed by atoms with Crippen molar-refractivity contribution in [3.8, 4) is 11.6 Å². The molecule has 4 rings (SSSR count). The van der Waals surface area contributed by atoms with Gasteiger partial charge < -0.3 is 10.1 Å². The molecule has 0 amide bonds. The number of aryl methyl sites for hydroxylation is 2. The number of rotatable bonds is 5. The highest BCUT2D eigenvalue weighted by atomic mass is 16.5. The first kappa shape index (κ1) is 12.8. The maximum Gasteiger partial charge on any atom is 0.219 e. The Bertz CT molecular complexity index is 649. The second-order valence-corrected chi connectivity index (χ2v) is 6.04. The van der Waals surface area contributed by atoms with E-state index in [-0.39, 0.29) is 0 Å². The number of ether oxygens (including phenoxy) is 1. The topological polar surface area (TPSA) is 34.1 Å². The van der Waals surface area contributed by atoms with Gasteiger partial charge in [-0.15, -0.1) is 0 Å². The Hall–Kier alpha value is -1.87. The molecule has 3 heteroatoms. The van der Waals surface area contributed by atoms with Crippen molar-refractivity contribution in [2.75, 3.05) is 0 Å². The summed E-state index contributed by atoms with van der Waals surface area (Å²) in [6.07, 6.45) is 8.08. The molecule has 1 heterocycles. The Morgan fingerprint density at radius 3 is 2.90 bits per heavy atom. The van der Waals surface area contributed by atoms with Gasteiger partial charge in [0, 0.05) is 24.8 Å². The van der Waals surface area contributed by atoms with E-state index in [1.165, 1.54) is 48.8 Å². The second kappa shape index (κ2) is 5.49. The van der Waals surface area contributed by atoms with Crippen molar-refractivity contribution >= 4 is 0 Å². The Balaban J connectivity index is 1.47. The third-order valence-corrected chi connectivity index (χ3v) is 4.26. The molecule has 0 aliphatic heterocycles. The fraction of sp³-hybridized carbons (Fsp3) is 0.389. The number of pyridine rings is 1. The lowest BCUT2D eigenvalue weighted by Crippen LogP contribution is -2.15. The van der Waals surface area contributed by atoms with Gasteiger partial charge in [0.1, 0.15) is 5.75 Å². The van der Waals surface area contributed by atoms with Crippen LogP contribution in [0.25, 0.3) is 0 Å². The lowest BCUT2D eigenvalue weighted by molar-refractivity contribution is 0.461. The van der Waals surface area contributed by atoms with Crippen LogP contribution in [0.15, 0.2) is 36.5 Å². The van der Waals surface area contributed by atoms with Crippen molar-refractivity contribution < 1.29 is 4.74 Å². The molecular formula is C18H20N2O. The van der Waals surface area contributed by atoms with Crippen LogP contribution in [0.2, 0.25) is 0 Å². The summed E-state index contributed by atoms with van der Waals surface area (Å²) < 4.78 is 5.93. The molecule has 1 saturated carbocycles. The van der Waals surface area contributed by atoms with E-state index in [2.05, 4.69) is 28.5 Å². The normalized spacial score (nSPS) is 16.8. The first-order valence-corrected chi connectivity index (χ1v) is 7.85. The van der Waals surface area contributed by atoms with Crippen LogP contribution >= 0.6 is 0 Å². The Labute approximate surface area is 125 Å². The monoisotopic (exact) mass is 280 g/mol. The molecular weight excluding hydrogens is 260 g/mol. The molecule has 3 nitrogen and oxygen atoms in total. The molecule has 1 aromatic heterocycles. The smallest absolute Gasteiger partial charge is 0.219 e. The molecule has 2 aliphatic carbocycles. The fourth-order valence-electron chi connectivity index (χ4n) is 2.90. The summed E-state index contributed by atoms with van der Waals surface area (Å²) in [4.78, 5) is 4.32. The quantitative estimate of drug-likeness (QED) is 0.908. The van der Waals surface area contributed by atoms with Crippen LogP contribution in [0.5, 0.6) is 11.6 Å². The minimum atomic E-state index is 0.683. The third-order valence-electron chi connectivity index (χ3n) is 4.26. The minimum absolute atomic E-state index is 0.683. The molecule has 0 unspecified atom stereocenters. The summed E-state index contributed by atoms with van der Waals surface area (Å²) in [6.45, 7) is 0.897. The first-order chi connectivity index (χ1) is 10.4. The molecule has 1 N–H and O–H groups in total. The van der Waals surface area contributed by atoms with Gasteiger partial charge in [0.25, 0.3) is 0 Å². The van der Waals surface area contributed by atoms with E-state index in [0.29, 0.717) is 5.88 Å². The Morgan fingerprint density at radius 1 is 1.10 bits per heavy atom. The van der Waals surface area contributed by atoms with E-state index in [1.807, 2.05) is 18.3 Å². The van der Waals surface area contributed by atoms with Gasteiger partial charge in [0.15, 0.2) is 0 Å². The Kier molecular flexibility index (Phi) is 3.36. The molecule has 108 valence electrons. The van der Waals surface area contributed by atoms with Gasteiger partial charge in [-0.1, -0.05) is 6.07 Å². The van der Waals surface area contributed by atoms with Gasteiger partial charge in [0.05, 0.1) is 0 Å². The summed E-state index contributed by atoms with van der Waals surface area (Å²) >= 11 is 0. The number of hydrogen-bond acceptors (Lipinski definition) is 3. The number of nitrogens with one attached hydrogen (secondary N) is 1. The largest absolute Gasteiger partial charge is 0.439 e. The van der Waals surface area contributed by atoms with Gasteiger partial charge in [0.2, 0.25) is 5.88 Å². The number of nitrogens with zero attached hydrogens (tertiary/aromatic N) is 1. The lowest BCUT2D eigenvalue weighted by Gasteiger charge is -2.09. The number of fused-ring (bicyclic) bond motifs is 1. The average molecular weight is 280 g/mol. The van der Waals surface area contributed by atoms with Crippen LogP contribution in [0.3, 0.4) is 0 Å². The molecule has 0 bridgehead atoms. The van der Waals surface area contributed by atoms with Crippen molar-refractivity contribution in [2.24, 2.45) is 0 Å². The van der Waals surface area contributed by atoms with Crippen molar-refractivity contribution in [1.82, 2.24) is 10.3 Å². The van der Waals surface area contributed by atoms with Crippen LogP contribution in [0.4, 0.5) is 0 Å². The van der Waals surface area contributed by atoms with E-state index in [1.54, 1.807) is 0 Å². The van der Waals surface area contributed by atoms with E-state index in [0.717, 1.165) is 18.3 Å². The van der Waals surface area contributed by atoms with E-state index >= 15 is 0 Å². The summed E-state index contributed by atoms with van der Waals surface area (Å²) in [5.41, 5.74) is 4.13. The van der Waals surface area contributed by atoms with Crippen molar-refractivity contribution in [3.05, 3.63) is 53.2 Å². The number of benzene rings is 1. The van der Waals surface area contributed by atoms with Crippen molar-refractivity contribution in [1.29, 1.82) is 0 Å². The van der Waals surface area contributed by atoms with Gasteiger partial charge in [-0.3, -0.25) is 0 Å². The molecule has 0 atom stereocenters. The zero-order valence-corrected chi connectivity index (χ0v) is 12.1. The SMILES string of the molecule is c1cc(CNC2CC2)cc(Oc2ccc3c(c2)CCC3)n1. The lowest BCUT2D eigenvalue weighted by atomic mass is 10.1. The summed E-state index contributed by atoms with van der Waals surface area (Å²) in [6, 6.07) is 11.2. The van der Waals surface area contributed by atoms with E-state index in [9.17, 15) is 0 Å². The van der Waals surface area contributed by atoms with Gasteiger partial charge in [-0.25, -0.2) is 4.98 Å². The van der Waals surface area contributed by atoms with Gasteiger partial charge in [-0.05, 0) is 67.0 Å². The highest BCUT2D eigenvalue weighted by Gasteiger charge is 2.20. The molecule has 2 aromatic rings. The molecule has 1 aromatic carbocycles. The molecule has 0 radical (unpaired) electrons. The predicted octanol–water partition coefficient (Wildman–Crippen LogP) is 3.61. The summed E-state index contributed by atoms with van der Waals surface area (Å²) in [7, 11) is 0. The molecule has 1 fully saturated rings.